The van der Waals surface area contributed by atoms with Gasteiger partial charge in [-0.25, -0.2) is 13.2 Å². The van der Waals surface area contributed by atoms with Crippen LogP contribution in [0, 0.1) is 12.3 Å². The van der Waals surface area contributed by atoms with E-state index in [1.807, 2.05) is 24.3 Å². The SMILES string of the molecule is Cc1nc(-c2ccc(CNC(=O)[C@@H]3C[C@@H](O)CN3C(=O)[C@@H](NC(=O)CC3(N)CCCS(=O)(=O)C3)C(C)(C)C)cc2)no1.O=C(O)C(F)(F)F. The number of benzene rings is 1. The van der Waals surface area contributed by atoms with Gasteiger partial charge in [0.25, 0.3) is 0 Å². The molecule has 4 atom stereocenters. The van der Waals surface area contributed by atoms with E-state index in [1.54, 1.807) is 27.7 Å². The zero-order chi connectivity index (χ0) is 36.9. The molecule has 2 fully saturated rings. The highest BCUT2D eigenvalue weighted by atomic mass is 32.2. The summed E-state index contributed by atoms with van der Waals surface area (Å²) in [6.07, 6.45) is -5.42. The number of amides is 3. The summed E-state index contributed by atoms with van der Waals surface area (Å²) < 4.78 is 61.0. The Bertz CT molecular complexity index is 1630. The second kappa shape index (κ2) is 15.2. The summed E-state index contributed by atoms with van der Waals surface area (Å²) in [5.74, 6) is -3.56. The fraction of sp³-hybridized carbons (Fsp3) is 0.600. The number of β-amino-alcohol motifs (C(OH)–C–C–N with tert-alkyl or cyclic N) is 1. The van der Waals surface area contributed by atoms with E-state index in [4.69, 9.17) is 20.2 Å². The zero-order valence-corrected chi connectivity index (χ0v) is 28.2. The predicted molar refractivity (Wildman–Crippen MR) is 167 cm³/mol. The lowest BCUT2D eigenvalue weighted by molar-refractivity contribution is -0.192. The molecule has 3 amide bonds. The number of sulfone groups is 1. The number of hydrogen-bond donors (Lipinski definition) is 5. The second-order valence-electron chi connectivity index (χ2n) is 13.4. The number of rotatable bonds is 8. The molecule has 3 heterocycles. The second-order valence-corrected chi connectivity index (χ2v) is 15.5. The summed E-state index contributed by atoms with van der Waals surface area (Å²) in [5.41, 5.74) is 5.90. The first kappa shape index (κ1) is 39.3. The average Bonchev–Trinajstić information content (AvgIpc) is 3.58. The summed E-state index contributed by atoms with van der Waals surface area (Å²) in [5, 5.41) is 27.0. The van der Waals surface area contributed by atoms with Gasteiger partial charge in [0.2, 0.25) is 29.4 Å². The molecule has 272 valence electrons. The number of nitrogens with zero attached hydrogens (tertiary/aromatic N) is 3. The van der Waals surface area contributed by atoms with Crippen molar-refractivity contribution in [3.05, 3.63) is 35.7 Å². The Labute approximate surface area is 280 Å². The number of aryl methyl sites for hydroxylation is 1. The summed E-state index contributed by atoms with van der Waals surface area (Å²) in [4.78, 5) is 54.5. The van der Waals surface area contributed by atoms with Crippen molar-refractivity contribution in [1.29, 1.82) is 0 Å². The Kier molecular flexibility index (Phi) is 12.2. The number of aliphatic carboxylic acids is 1. The predicted octanol–water partition coefficient (Wildman–Crippen LogP) is 1.08. The van der Waals surface area contributed by atoms with Crippen LogP contribution in [0.15, 0.2) is 28.8 Å². The van der Waals surface area contributed by atoms with E-state index < -0.39 is 68.8 Å². The number of aromatic nitrogens is 2. The minimum absolute atomic E-state index is 0.0443. The van der Waals surface area contributed by atoms with Gasteiger partial charge in [-0.1, -0.05) is 50.2 Å². The van der Waals surface area contributed by atoms with E-state index in [0.29, 0.717) is 24.6 Å². The largest absolute Gasteiger partial charge is 0.490 e. The number of aliphatic hydroxyl groups excluding tert-OH is 1. The lowest BCUT2D eigenvalue weighted by Gasteiger charge is -2.37. The number of carboxylic acids is 1. The Morgan fingerprint density at radius 3 is 2.29 bits per heavy atom. The van der Waals surface area contributed by atoms with Gasteiger partial charge in [-0.05, 0) is 23.8 Å². The lowest BCUT2D eigenvalue weighted by atomic mass is 9.84. The summed E-state index contributed by atoms with van der Waals surface area (Å²) in [6.45, 7) is 7.17. The maximum Gasteiger partial charge on any atom is 0.490 e. The van der Waals surface area contributed by atoms with Crippen LogP contribution in [0.1, 0.15) is 57.9 Å². The summed E-state index contributed by atoms with van der Waals surface area (Å²) in [7, 11) is -3.35. The lowest BCUT2D eigenvalue weighted by Crippen LogP contribution is -2.59. The third-order valence-electron chi connectivity index (χ3n) is 7.88. The maximum atomic E-state index is 13.8. The number of carbonyl (C=O) groups is 4. The smallest absolute Gasteiger partial charge is 0.475 e. The van der Waals surface area contributed by atoms with Crippen LogP contribution in [0.4, 0.5) is 13.2 Å². The number of carboxylic acid groups (broad SMARTS) is 1. The summed E-state index contributed by atoms with van der Waals surface area (Å²) >= 11 is 0. The standard InChI is InChI=1S/C28H40N6O7S.C2HF3O2/c1-17-31-24(33-41-17)19-8-6-18(7-9-19)14-30-25(37)21-12-20(35)15-34(21)26(38)23(27(2,3)4)32-22(36)13-28(29)10-5-11-42(39,40)16-28;3-2(4,5)1(6)7/h6-9,20-21,23,35H,5,10-16,29H2,1-4H3,(H,30,37)(H,32,36);(H,6,7)/t20-,21+,23-,28?;/m1./s1. The third kappa shape index (κ3) is 11.2. The number of halogens is 3. The molecule has 1 unspecified atom stereocenters. The number of alkyl halides is 3. The molecule has 2 saturated heterocycles. The van der Waals surface area contributed by atoms with E-state index in [2.05, 4.69) is 20.8 Å². The first-order valence-corrected chi connectivity index (χ1v) is 17.1. The van der Waals surface area contributed by atoms with Crippen molar-refractivity contribution in [2.24, 2.45) is 11.1 Å². The molecular formula is C30H41F3N6O9S. The molecule has 4 rings (SSSR count). The molecule has 1 aromatic carbocycles. The van der Waals surface area contributed by atoms with Crippen molar-refractivity contribution in [3.63, 3.8) is 0 Å². The molecule has 2 aliphatic rings. The van der Waals surface area contributed by atoms with Gasteiger partial charge in [-0.3, -0.25) is 14.4 Å². The van der Waals surface area contributed by atoms with Crippen molar-refractivity contribution in [3.8, 4) is 11.4 Å². The average molecular weight is 719 g/mol. The van der Waals surface area contributed by atoms with Crippen LogP contribution in [0.2, 0.25) is 0 Å². The molecule has 19 heteroatoms. The van der Waals surface area contributed by atoms with Crippen LogP contribution < -0.4 is 16.4 Å². The summed E-state index contributed by atoms with van der Waals surface area (Å²) in [6, 6.07) is 5.30. The minimum Gasteiger partial charge on any atom is -0.475 e. The van der Waals surface area contributed by atoms with E-state index in [1.165, 1.54) is 4.90 Å². The van der Waals surface area contributed by atoms with Gasteiger partial charge in [-0.2, -0.15) is 18.2 Å². The highest BCUT2D eigenvalue weighted by Gasteiger charge is 2.45. The van der Waals surface area contributed by atoms with Crippen molar-refractivity contribution < 1.29 is 55.5 Å². The Morgan fingerprint density at radius 1 is 1.16 bits per heavy atom. The van der Waals surface area contributed by atoms with Crippen LogP contribution >= 0.6 is 0 Å². The van der Waals surface area contributed by atoms with Gasteiger partial charge < -0.3 is 36.0 Å². The highest BCUT2D eigenvalue weighted by Crippen LogP contribution is 2.28. The number of aliphatic hydroxyl groups is 1. The number of nitrogens with one attached hydrogen (secondary N) is 2. The quantitative estimate of drug-likeness (QED) is 0.258. The van der Waals surface area contributed by atoms with Gasteiger partial charge >= 0.3 is 12.1 Å². The number of hydrogen-bond acceptors (Lipinski definition) is 11. The molecular weight excluding hydrogens is 677 g/mol. The molecule has 0 aliphatic carbocycles. The molecule has 49 heavy (non-hydrogen) atoms. The topological polar surface area (TPSA) is 235 Å². The van der Waals surface area contributed by atoms with Crippen molar-refractivity contribution in [2.45, 2.75) is 89.8 Å². The van der Waals surface area contributed by atoms with Crippen LogP contribution in [0.5, 0.6) is 0 Å². The van der Waals surface area contributed by atoms with E-state index in [-0.39, 0.29) is 37.4 Å². The Hall–Kier alpha value is -4.10. The molecule has 1 aromatic heterocycles. The van der Waals surface area contributed by atoms with Crippen molar-refractivity contribution in [1.82, 2.24) is 25.7 Å². The van der Waals surface area contributed by atoms with Gasteiger partial charge in [0.1, 0.15) is 12.1 Å². The Morgan fingerprint density at radius 2 is 1.78 bits per heavy atom. The van der Waals surface area contributed by atoms with E-state index in [9.17, 15) is 41.1 Å². The van der Waals surface area contributed by atoms with Crippen LogP contribution in [0.3, 0.4) is 0 Å². The van der Waals surface area contributed by atoms with Gasteiger partial charge in [0.05, 0.1) is 17.6 Å². The number of likely N-dealkylation sites (tertiary alicyclic amines) is 1. The fourth-order valence-electron chi connectivity index (χ4n) is 5.51. The van der Waals surface area contributed by atoms with Crippen molar-refractivity contribution in [2.75, 3.05) is 18.1 Å². The van der Waals surface area contributed by atoms with Crippen LogP contribution in [0.25, 0.3) is 11.4 Å². The molecule has 0 spiro atoms. The van der Waals surface area contributed by atoms with Crippen LogP contribution in [-0.2, 0) is 35.6 Å². The first-order valence-electron chi connectivity index (χ1n) is 15.2. The minimum atomic E-state index is -5.08. The van der Waals surface area contributed by atoms with Gasteiger partial charge in [0.15, 0.2) is 9.84 Å². The molecule has 2 aromatic rings. The van der Waals surface area contributed by atoms with Crippen LogP contribution in [-0.4, -0.2) is 105 Å². The van der Waals surface area contributed by atoms with Crippen molar-refractivity contribution >= 4 is 33.5 Å². The molecule has 0 saturated carbocycles. The zero-order valence-electron chi connectivity index (χ0n) is 27.4. The molecule has 15 nitrogen and oxygen atoms in total. The number of nitrogens with two attached hydrogens (primary N) is 1. The van der Waals surface area contributed by atoms with Gasteiger partial charge in [0, 0.05) is 44.0 Å². The fourth-order valence-corrected chi connectivity index (χ4v) is 7.36. The Balaban J connectivity index is 0.000000838. The number of carbonyl (C=O) groups excluding carboxylic acids is 3. The van der Waals surface area contributed by atoms with E-state index >= 15 is 0 Å². The van der Waals surface area contributed by atoms with Gasteiger partial charge in [-0.15, -0.1) is 0 Å². The highest BCUT2D eigenvalue weighted by molar-refractivity contribution is 7.91. The first-order chi connectivity index (χ1) is 22.5. The normalized spacial score (nSPS) is 22.8. The third-order valence-corrected chi connectivity index (χ3v) is 9.81. The molecule has 2 aliphatic heterocycles. The molecule has 0 radical (unpaired) electrons. The van der Waals surface area contributed by atoms with E-state index in [0.717, 1.165) is 11.1 Å². The maximum absolute atomic E-state index is 13.8. The monoisotopic (exact) mass is 718 g/mol. The molecule has 6 N–H and O–H groups in total. The molecule has 0 bridgehead atoms.